The van der Waals surface area contributed by atoms with Gasteiger partial charge in [-0.3, -0.25) is 0 Å². The Kier molecular flexibility index (Phi) is 4.13. The summed E-state index contributed by atoms with van der Waals surface area (Å²) in [5.74, 6) is 0.842. The van der Waals surface area contributed by atoms with Gasteiger partial charge in [0, 0.05) is 10.6 Å². The third-order valence-electron chi connectivity index (χ3n) is 3.34. The van der Waals surface area contributed by atoms with Crippen molar-refractivity contribution >= 4 is 18.3 Å². The van der Waals surface area contributed by atoms with Gasteiger partial charge in [0.25, 0.3) is 0 Å². The Hall–Kier alpha value is -0.670. The van der Waals surface area contributed by atoms with Gasteiger partial charge in [-0.05, 0) is 62.4 Å². The summed E-state index contributed by atoms with van der Waals surface area (Å²) in [6, 6.07) is 6.16. The monoisotopic (exact) mass is 236 g/mol. The van der Waals surface area contributed by atoms with Crippen LogP contribution in [0.5, 0.6) is 0 Å². The number of nitrogens with two attached hydrogens (primary N) is 1. The lowest BCUT2D eigenvalue weighted by Crippen LogP contribution is -2.29. The lowest BCUT2D eigenvalue weighted by atomic mass is 9.93. The molecular weight excluding hydrogens is 216 g/mol. The standard InChI is InChI=1S/C13H20N2S/c14-12-6-5-10(8-13(12)16)3-4-11-2-1-7-15-9-11/h5-6,8,11,15-16H,1-4,7,9,14H2. The average molecular weight is 236 g/mol. The summed E-state index contributed by atoms with van der Waals surface area (Å²) in [5, 5.41) is 3.46. The zero-order valence-corrected chi connectivity index (χ0v) is 10.5. The number of anilines is 1. The van der Waals surface area contributed by atoms with Crippen molar-refractivity contribution in [3.8, 4) is 0 Å². The number of hydrogen-bond donors (Lipinski definition) is 3. The van der Waals surface area contributed by atoms with E-state index in [1.807, 2.05) is 6.07 Å². The second-order valence-electron chi connectivity index (χ2n) is 4.64. The Labute approximate surface area is 103 Å². The summed E-state index contributed by atoms with van der Waals surface area (Å²) in [5.41, 5.74) is 7.86. The molecule has 2 rings (SSSR count). The lowest BCUT2D eigenvalue weighted by molar-refractivity contribution is 0.358. The molecule has 88 valence electrons. The van der Waals surface area contributed by atoms with Gasteiger partial charge in [-0.2, -0.15) is 0 Å². The molecule has 3 heteroatoms. The molecule has 0 bridgehead atoms. The first-order valence-corrected chi connectivity index (χ1v) is 6.48. The van der Waals surface area contributed by atoms with E-state index in [4.69, 9.17) is 5.73 Å². The van der Waals surface area contributed by atoms with Gasteiger partial charge in [0.05, 0.1) is 0 Å². The SMILES string of the molecule is Nc1ccc(CCC2CCCNC2)cc1S. The van der Waals surface area contributed by atoms with Crippen LogP contribution in [0.3, 0.4) is 0 Å². The van der Waals surface area contributed by atoms with Gasteiger partial charge >= 0.3 is 0 Å². The van der Waals surface area contributed by atoms with E-state index in [2.05, 4.69) is 30.1 Å². The molecule has 1 aliphatic heterocycles. The largest absolute Gasteiger partial charge is 0.398 e. The second-order valence-corrected chi connectivity index (χ2v) is 5.13. The molecule has 0 saturated carbocycles. The van der Waals surface area contributed by atoms with Crippen molar-refractivity contribution in [2.45, 2.75) is 30.6 Å². The van der Waals surface area contributed by atoms with Gasteiger partial charge in [-0.25, -0.2) is 0 Å². The third-order valence-corrected chi connectivity index (χ3v) is 3.72. The molecule has 1 saturated heterocycles. The van der Waals surface area contributed by atoms with Crippen molar-refractivity contribution < 1.29 is 0 Å². The van der Waals surface area contributed by atoms with Gasteiger partial charge in [0.15, 0.2) is 0 Å². The molecule has 16 heavy (non-hydrogen) atoms. The maximum atomic E-state index is 5.74. The van der Waals surface area contributed by atoms with Gasteiger partial charge < -0.3 is 11.1 Å². The van der Waals surface area contributed by atoms with E-state index in [0.717, 1.165) is 22.9 Å². The summed E-state index contributed by atoms with van der Waals surface area (Å²) in [7, 11) is 0. The zero-order valence-electron chi connectivity index (χ0n) is 9.58. The smallest absolute Gasteiger partial charge is 0.0449 e. The second kappa shape index (κ2) is 5.60. The summed E-state index contributed by atoms with van der Waals surface area (Å²) >= 11 is 4.35. The molecule has 1 aromatic carbocycles. The lowest BCUT2D eigenvalue weighted by Gasteiger charge is -2.22. The van der Waals surface area contributed by atoms with E-state index in [-0.39, 0.29) is 0 Å². The van der Waals surface area contributed by atoms with Crippen molar-refractivity contribution in [1.82, 2.24) is 5.32 Å². The number of piperidine rings is 1. The molecule has 0 radical (unpaired) electrons. The molecular formula is C13H20N2S. The summed E-state index contributed by atoms with van der Waals surface area (Å²) in [6.07, 6.45) is 5.10. The predicted molar refractivity (Wildman–Crippen MR) is 72.0 cm³/mol. The molecule has 0 aliphatic carbocycles. The normalized spacial score (nSPS) is 20.9. The average Bonchev–Trinajstić information content (AvgIpc) is 2.32. The number of thiol groups is 1. The van der Waals surface area contributed by atoms with Crippen LogP contribution < -0.4 is 11.1 Å². The van der Waals surface area contributed by atoms with Crippen molar-refractivity contribution in [2.75, 3.05) is 18.8 Å². The van der Waals surface area contributed by atoms with E-state index >= 15 is 0 Å². The Morgan fingerprint density at radius 3 is 3.00 bits per heavy atom. The van der Waals surface area contributed by atoms with Crippen LogP contribution in [0.25, 0.3) is 0 Å². The first-order valence-electron chi connectivity index (χ1n) is 6.04. The van der Waals surface area contributed by atoms with Crippen LogP contribution in [0.1, 0.15) is 24.8 Å². The highest BCUT2D eigenvalue weighted by atomic mass is 32.1. The summed E-state index contributed by atoms with van der Waals surface area (Å²) < 4.78 is 0. The Balaban J connectivity index is 1.86. The van der Waals surface area contributed by atoms with E-state index in [1.54, 1.807) is 0 Å². The fourth-order valence-corrected chi connectivity index (χ4v) is 2.53. The molecule has 3 N–H and O–H groups in total. The molecule has 0 spiro atoms. The van der Waals surface area contributed by atoms with E-state index in [0.29, 0.717) is 0 Å². The topological polar surface area (TPSA) is 38.0 Å². The van der Waals surface area contributed by atoms with Crippen molar-refractivity contribution in [1.29, 1.82) is 0 Å². The fraction of sp³-hybridized carbons (Fsp3) is 0.538. The van der Waals surface area contributed by atoms with Crippen LogP contribution in [0, 0.1) is 5.92 Å². The highest BCUT2D eigenvalue weighted by molar-refractivity contribution is 7.80. The Bertz CT molecular complexity index is 346. The highest BCUT2D eigenvalue weighted by Crippen LogP contribution is 2.21. The maximum absolute atomic E-state index is 5.74. The number of benzene rings is 1. The number of hydrogen-bond acceptors (Lipinski definition) is 3. The number of nitrogens with one attached hydrogen (secondary N) is 1. The first kappa shape index (κ1) is 11.8. The Morgan fingerprint density at radius 1 is 1.44 bits per heavy atom. The van der Waals surface area contributed by atoms with Crippen LogP contribution in [-0.4, -0.2) is 13.1 Å². The molecule has 1 aliphatic rings. The minimum absolute atomic E-state index is 0.770. The quantitative estimate of drug-likeness (QED) is 0.557. The minimum Gasteiger partial charge on any atom is -0.398 e. The number of rotatable bonds is 3. The van der Waals surface area contributed by atoms with Crippen molar-refractivity contribution in [3.05, 3.63) is 23.8 Å². The first-order chi connectivity index (χ1) is 7.75. The molecule has 2 nitrogen and oxygen atoms in total. The molecule has 0 aromatic heterocycles. The van der Waals surface area contributed by atoms with Crippen LogP contribution in [0.4, 0.5) is 5.69 Å². The van der Waals surface area contributed by atoms with Gasteiger partial charge in [-0.1, -0.05) is 6.07 Å². The van der Waals surface area contributed by atoms with Gasteiger partial charge in [0.2, 0.25) is 0 Å². The predicted octanol–water partition coefficient (Wildman–Crippen LogP) is 2.49. The van der Waals surface area contributed by atoms with E-state index in [1.165, 1.54) is 37.9 Å². The van der Waals surface area contributed by atoms with Gasteiger partial charge in [0.1, 0.15) is 0 Å². The van der Waals surface area contributed by atoms with Crippen LogP contribution in [0.2, 0.25) is 0 Å². The minimum atomic E-state index is 0.770. The number of nitrogen functional groups attached to an aromatic ring is 1. The van der Waals surface area contributed by atoms with E-state index in [9.17, 15) is 0 Å². The van der Waals surface area contributed by atoms with E-state index < -0.39 is 0 Å². The molecule has 1 unspecified atom stereocenters. The highest BCUT2D eigenvalue weighted by Gasteiger charge is 2.12. The Morgan fingerprint density at radius 2 is 2.31 bits per heavy atom. The van der Waals surface area contributed by atoms with Gasteiger partial charge in [-0.15, -0.1) is 12.6 Å². The van der Waals surface area contributed by atoms with Crippen LogP contribution >= 0.6 is 12.6 Å². The molecule has 1 atom stereocenters. The van der Waals surface area contributed by atoms with Crippen LogP contribution in [-0.2, 0) is 6.42 Å². The summed E-state index contributed by atoms with van der Waals surface area (Å²) in [6.45, 7) is 2.38. The molecule has 0 amide bonds. The summed E-state index contributed by atoms with van der Waals surface area (Å²) in [4.78, 5) is 0.902. The molecule has 1 heterocycles. The zero-order chi connectivity index (χ0) is 11.4. The van der Waals surface area contributed by atoms with Crippen molar-refractivity contribution in [2.24, 2.45) is 5.92 Å². The fourth-order valence-electron chi connectivity index (χ4n) is 2.29. The third kappa shape index (κ3) is 3.16. The van der Waals surface area contributed by atoms with Crippen molar-refractivity contribution in [3.63, 3.8) is 0 Å². The molecule has 1 fully saturated rings. The maximum Gasteiger partial charge on any atom is 0.0449 e. The van der Waals surface area contributed by atoms with Crippen LogP contribution in [0.15, 0.2) is 23.1 Å². The molecule has 1 aromatic rings. The number of aryl methyl sites for hydroxylation is 1.